The van der Waals surface area contributed by atoms with Crippen molar-refractivity contribution >= 4 is 17.5 Å². The number of benzene rings is 1. The van der Waals surface area contributed by atoms with Gasteiger partial charge < -0.3 is 10.2 Å². The highest BCUT2D eigenvalue weighted by atomic mass is 16.2. The number of H-pyrrole nitrogens is 1. The average Bonchev–Trinajstić information content (AvgIpc) is 3.30. The fourth-order valence-corrected chi connectivity index (χ4v) is 4.56. The second kappa shape index (κ2) is 8.81. The number of nitrogens with one attached hydrogen (secondary N) is 2. The first-order valence-corrected chi connectivity index (χ1v) is 10.8. The van der Waals surface area contributed by atoms with Crippen molar-refractivity contribution in [2.24, 2.45) is 11.8 Å². The number of aromatic nitrogens is 2. The molecule has 0 radical (unpaired) electrons. The van der Waals surface area contributed by atoms with Crippen molar-refractivity contribution in [1.82, 2.24) is 15.1 Å². The Kier molecular flexibility index (Phi) is 5.97. The lowest BCUT2D eigenvalue weighted by Crippen LogP contribution is -2.42. The van der Waals surface area contributed by atoms with Gasteiger partial charge in [-0.05, 0) is 50.3 Å². The van der Waals surface area contributed by atoms with Gasteiger partial charge in [0.1, 0.15) is 0 Å². The van der Waals surface area contributed by atoms with Crippen molar-refractivity contribution in [2.75, 3.05) is 18.4 Å². The number of anilines is 1. The van der Waals surface area contributed by atoms with Crippen LogP contribution in [0.25, 0.3) is 11.3 Å². The molecule has 2 amide bonds. The number of amides is 2. The van der Waals surface area contributed by atoms with Gasteiger partial charge in [0.2, 0.25) is 11.8 Å². The van der Waals surface area contributed by atoms with Gasteiger partial charge in [-0.3, -0.25) is 14.4 Å². The minimum atomic E-state index is -0.291. The monoisotopic (exact) mass is 408 g/mol. The second-order valence-electron chi connectivity index (χ2n) is 8.36. The van der Waals surface area contributed by atoms with E-state index in [0.717, 1.165) is 62.7 Å². The Morgan fingerprint density at radius 3 is 2.47 bits per heavy atom. The van der Waals surface area contributed by atoms with Crippen LogP contribution < -0.4 is 10.9 Å². The lowest BCUT2D eigenvalue weighted by molar-refractivity contribution is -0.141. The minimum absolute atomic E-state index is 0.0816. The molecule has 7 heteroatoms. The van der Waals surface area contributed by atoms with Crippen LogP contribution >= 0.6 is 0 Å². The topological polar surface area (TPSA) is 95.2 Å². The maximum Gasteiger partial charge on any atom is 0.264 e. The van der Waals surface area contributed by atoms with E-state index in [9.17, 15) is 14.4 Å². The summed E-state index contributed by atoms with van der Waals surface area (Å²) in [5.74, 6) is -0.445. The van der Waals surface area contributed by atoms with E-state index in [-0.39, 0.29) is 29.2 Å². The van der Waals surface area contributed by atoms with Crippen molar-refractivity contribution in [2.45, 2.75) is 45.4 Å². The van der Waals surface area contributed by atoms with Gasteiger partial charge in [0.15, 0.2) is 0 Å². The summed E-state index contributed by atoms with van der Waals surface area (Å²) in [5.41, 5.74) is 2.83. The molecule has 2 aliphatic rings. The molecule has 2 aromatic rings. The summed E-state index contributed by atoms with van der Waals surface area (Å²) in [7, 11) is 0. The fourth-order valence-electron chi connectivity index (χ4n) is 4.56. The molecule has 1 aliphatic heterocycles. The van der Waals surface area contributed by atoms with E-state index in [1.165, 1.54) is 6.07 Å². The molecule has 1 aliphatic carbocycles. The highest BCUT2D eigenvalue weighted by Gasteiger charge is 2.38. The number of carbonyl (C=O) groups is 2. The molecule has 0 bridgehead atoms. The third kappa shape index (κ3) is 4.30. The molecule has 1 saturated heterocycles. The predicted molar refractivity (Wildman–Crippen MR) is 115 cm³/mol. The summed E-state index contributed by atoms with van der Waals surface area (Å²) >= 11 is 0. The largest absolute Gasteiger partial charge is 0.342 e. The Bertz CT molecular complexity index is 974. The zero-order chi connectivity index (χ0) is 21.1. The quantitative estimate of drug-likeness (QED) is 0.813. The van der Waals surface area contributed by atoms with Crippen LogP contribution in [0.5, 0.6) is 0 Å². The SMILES string of the molecule is Cc1ccc(-c2ccc(=O)[nH]n2)cc1NC(=O)[C@H]1CCCC[C@H]1C(=O)N1CCCC1. The van der Waals surface area contributed by atoms with Crippen LogP contribution in [0.2, 0.25) is 0 Å². The summed E-state index contributed by atoms with van der Waals surface area (Å²) in [5, 5.41) is 9.57. The Hall–Kier alpha value is -2.96. The summed E-state index contributed by atoms with van der Waals surface area (Å²) < 4.78 is 0. The number of aromatic amines is 1. The standard InChI is InChI=1S/C23H28N4O3/c1-15-8-9-16(19-10-11-21(28)26-25-19)14-20(15)24-22(29)17-6-2-3-7-18(17)23(30)27-12-4-5-13-27/h8-11,14,17-18H,2-7,12-13H2,1H3,(H,24,29)(H,26,28)/t17-,18+/m0/s1. The number of hydrogen-bond acceptors (Lipinski definition) is 4. The summed E-state index contributed by atoms with van der Waals surface area (Å²) in [4.78, 5) is 39.4. The molecule has 1 aromatic heterocycles. The molecule has 4 rings (SSSR count). The van der Waals surface area contributed by atoms with Crippen LogP contribution in [0, 0.1) is 18.8 Å². The van der Waals surface area contributed by atoms with Crippen LogP contribution in [0.1, 0.15) is 44.1 Å². The van der Waals surface area contributed by atoms with Crippen LogP contribution in [0.4, 0.5) is 5.69 Å². The van der Waals surface area contributed by atoms with E-state index >= 15 is 0 Å². The summed E-state index contributed by atoms with van der Waals surface area (Å²) in [6.45, 7) is 3.57. The average molecular weight is 409 g/mol. The van der Waals surface area contributed by atoms with Crippen LogP contribution in [0.3, 0.4) is 0 Å². The van der Waals surface area contributed by atoms with E-state index in [4.69, 9.17) is 0 Å². The van der Waals surface area contributed by atoms with Gasteiger partial charge in [0.25, 0.3) is 5.56 Å². The van der Waals surface area contributed by atoms with Crippen LogP contribution in [-0.4, -0.2) is 40.0 Å². The molecule has 158 valence electrons. The van der Waals surface area contributed by atoms with Crippen LogP contribution in [-0.2, 0) is 9.59 Å². The van der Waals surface area contributed by atoms with Crippen molar-refractivity contribution < 1.29 is 9.59 Å². The number of hydrogen-bond donors (Lipinski definition) is 2. The maximum atomic E-state index is 13.2. The number of carbonyl (C=O) groups excluding carboxylic acids is 2. The van der Waals surface area contributed by atoms with Crippen molar-refractivity contribution in [1.29, 1.82) is 0 Å². The smallest absolute Gasteiger partial charge is 0.264 e. The molecule has 0 unspecified atom stereocenters. The molecular weight excluding hydrogens is 380 g/mol. The van der Waals surface area contributed by atoms with E-state index in [0.29, 0.717) is 11.4 Å². The third-order valence-electron chi connectivity index (χ3n) is 6.31. The van der Waals surface area contributed by atoms with Gasteiger partial charge in [-0.2, -0.15) is 5.10 Å². The first kappa shape index (κ1) is 20.3. The Morgan fingerprint density at radius 2 is 1.77 bits per heavy atom. The summed E-state index contributed by atoms with van der Waals surface area (Å²) in [6.07, 6.45) is 5.62. The minimum Gasteiger partial charge on any atom is -0.342 e. The Morgan fingerprint density at radius 1 is 1.03 bits per heavy atom. The van der Waals surface area contributed by atoms with Gasteiger partial charge in [-0.1, -0.05) is 25.0 Å². The third-order valence-corrected chi connectivity index (χ3v) is 6.31. The Labute approximate surface area is 175 Å². The highest BCUT2D eigenvalue weighted by Crippen LogP contribution is 2.34. The van der Waals surface area contributed by atoms with Crippen molar-refractivity contribution in [3.8, 4) is 11.3 Å². The van der Waals surface area contributed by atoms with Gasteiger partial charge in [0.05, 0.1) is 5.69 Å². The van der Waals surface area contributed by atoms with E-state index < -0.39 is 0 Å². The number of nitrogens with zero attached hydrogens (tertiary/aromatic N) is 2. The van der Waals surface area contributed by atoms with Gasteiger partial charge in [0, 0.05) is 42.2 Å². The first-order chi connectivity index (χ1) is 14.5. The number of rotatable bonds is 4. The lowest BCUT2D eigenvalue weighted by atomic mass is 9.77. The fraction of sp³-hybridized carbons (Fsp3) is 0.478. The molecule has 2 atom stereocenters. The zero-order valence-electron chi connectivity index (χ0n) is 17.3. The molecule has 1 aromatic carbocycles. The zero-order valence-corrected chi connectivity index (χ0v) is 17.3. The van der Waals surface area contributed by atoms with Crippen molar-refractivity contribution in [3.63, 3.8) is 0 Å². The highest BCUT2D eigenvalue weighted by molar-refractivity contribution is 5.97. The second-order valence-corrected chi connectivity index (χ2v) is 8.36. The van der Waals surface area contributed by atoms with E-state index in [1.54, 1.807) is 6.07 Å². The van der Waals surface area contributed by atoms with Gasteiger partial charge >= 0.3 is 0 Å². The summed E-state index contributed by atoms with van der Waals surface area (Å²) in [6, 6.07) is 8.78. The molecule has 1 saturated carbocycles. The van der Waals surface area contributed by atoms with E-state index in [2.05, 4.69) is 15.5 Å². The van der Waals surface area contributed by atoms with Crippen molar-refractivity contribution in [3.05, 3.63) is 46.2 Å². The first-order valence-electron chi connectivity index (χ1n) is 10.8. The maximum absolute atomic E-state index is 13.2. The molecule has 2 fully saturated rings. The lowest BCUT2D eigenvalue weighted by Gasteiger charge is -2.32. The molecule has 7 nitrogen and oxygen atoms in total. The molecule has 2 heterocycles. The predicted octanol–water partition coefficient (Wildman–Crippen LogP) is 3.11. The normalized spacial score (nSPS) is 21.4. The molecule has 30 heavy (non-hydrogen) atoms. The van der Waals surface area contributed by atoms with E-state index in [1.807, 2.05) is 30.0 Å². The van der Waals surface area contributed by atoms with Crippen LogP contribution in [0.15, 0.2) is 35.1 Å². The number of likely N-dealkylation sites (tertiary alicyclic amines) is 1. The Balaban J connectivity index is 1.53. The molecular formula is C23H28N4O3. The molecule has 0 spiro atoms. The molecule has 2 N–H and O–H groups in total. The van der Waals surface area contributed by atoms with Gasteiger partial charge in [-0.15, -0.1) is 0 Å². The number of aryl methyl sites for hydroxylation is 1. The van der Waals surface area contributed by atoms with Gasteiger partial charge in [-0.25, -0.2) is 5.10 Å².